The molecule has 0 rings (SSSR count). The Labute approximate surface area is 204 Å². The number of carboxylic acids is 3. The van der Waals surface area contributed by atoms with Gasteiger partial charge >= 0.3 is 23.9 Å². The van der Waals surface area contributed by atoms with E-state index in [-0.39, 0.29) is 12.1 Å². The second kappa shape index (κ2) is 24.5. The van der Waals surface area contributed by atoms with Crippen molar-refractivity contribution in [1.82, 2.24) is 0 Å². The molecule has 0 aliphatic rings. The first-order chi connectivity index (χ1) is 15.6. The molecule has 0 aromatic rings. The molecule has 0 aromatic carbocycles. The summed E-state index contributed by atoms with van der Waals surface area (Å²) in [4.78, 5) is 40.9. The van der Waals surface area contributed by atoms with Crippen LogP contribution in [0.15, 0.2) is 47.1 Å². The van der Waals surface area contributed by atoms with Crippen molar-refractivity contribution in [3.8, 4) is 0 Å². The molecular formula is C26H44O8. The molecule has 1 unspecified atom stereocenters. The van der Waals surface area contributed by atoms with Crippen LogP contribution in [0.2, 0.25) is 0 Å². The maximum Gasteiger partial charge on any atom is 0.333 e. The lowest BCUT2D eigenvalue weighted by atomic mass is 10.2. The monoisotopic (exact) mass is 484 g/mol. The van der Waals surface area contributed by atoms with Gasteiger partial charge in [-0.15, -0.1) is 0 Å². The SMILES string of the molecule is C=C(C)C(=O)OC(C)CC.CCC=C(C)C(=O)O.CCC=C(C)C(=O)O.CCC=C(C)C(=O)O. The Hall–Kier alpha value is -3.16. The fourth-order valence-electron chi connectivity index (χ4n) is 1.55. The molecule has 0 saturated heterocycles. The maximum atomic E-state index is 10.8. The van der Waals surface area contributed by atoms with Gasteiger partial charge in [0.25, 0.3) is 0 Å². The minimum atomic E-state index is -0.827. The van der Waals surface area contributed by atoms with Crippen molar-refractivity contribution >= 4 is 23.9 Å². The highest BCUT2D eigenvalue weighted by Crippen LogP contribution is 2.00. The van der Waals surface area contributed by atoms with Gasteiger partial charge in [-0.2, -0.15) is 0 Å². The molecule has 0 radical (unpaired) electrons. The van der Waals surface area contributed by atoms with Crippen molar-refractivity contribution in [3.63, 3.8) is 0 Å². The Balaban J connectivity index is -0.000000177. The van der Waals surface area contributed by atoms with E-state index in [4.69, 9.17) is 20.1 Å². The molecule has 0 amide bonds. The highest BCUT2D eigenvalue weighted by atomic mass is 16.5. The van der Waals surface area contributed by atoms with Crippen molar-refractivity contribution in [1.29, 1.82) is 0 Å². The van der Waals surface area contributed by atoms with E-state index in [9.17, 15) is 19.2 Å². The first-order valence-electron chi connectivity index (χ1n) is 11.2. The Kier molecular flexibility index (Phi) is 27.4. The van der Waals surface area contributed by atoms with E-state index in [2.05, 4.69) is 6.58 Å². The number of esters is 1. The highest BCUT2D eigenvalue weighted by molar-refractivity contribution is 5.87. The van der Waals surface area contributed by atoms with Crippen molar-refractivity contribution < 1.29 is 39.2 Å². The summed E-state index contributed by atoms with van der Waals surface area (Å²) >= 11 is 0. The minimum absolute atomic E-state index is 0.00389. The Morgan fingerprint density at radius 2 is 0.971 bits per heavy atom. The normalized spacial score (nSPS) is 11.7. The molecule has 0 aliphatic heterocycles. The molecule has 0 spiro atoms. The standard InChI is InChI=1S/C8H14O2.3C6H10O2/c1-5-7(4)10-8(9)6(2)3;3*1-3-4-5(2)6(7)8/h7H,2,5H2,1,3-4H3;3*4H,3H2,1-2H3,(H,7,8). The predicted octanol–water partition coefficient (Wildman–Crippen LogP) is 6.19. The second-order valence-electron chi connectivity index (χ2n) is 7.21. The number of ether oxygens (including phenoxy) is 1. The van der Waals surface area contributed by atoms with Crippen LogP contribution in [0.25, 0.3) is 0 Å². The summed E-state index contributed by atoms with van der Waals surface area (Å²) in [6.07, 6.45) is 8.27. The number of hydrogen-bond acceptors (Lipinski definition) is 5. The molecule has 8 nitrogen and oxygen atoms in total. The molecule has 0 heterocycles. The van der Waals surface area contributed by atoms with Gasteiger partial charge in [0.2, 0.25) is 0 Å². The average Bonchev–Trinajstić information content (AvgIpc) is 2.75. The molecule has 0 saturated carbocycles. The van der Waals surface area contributed by atoms with Crippen LogP contribution < -0.4 is 0 Å². The lowest BCUT2D eigenvalue weighted by Crippen LogP contribution is -2.13. The van der Waals surface area contributed by atoms with Crippen LogP contribution in [0, 0.1) is 0 Å². The minimum Gasteiger partial charge on any atom is -0.478 e. The van der Waals surface area contributed by atoms with Gasteiger partial charge in [-0.05, 0) is 60.3 Å². The molecule has 8 heteroatoms. The Bertz CT molecular complexity index is 656. The fraction of sp³-hybridized carbons (Fsp3) is 0.538. The van der Waals surface area contributed by atoms with Crippen molar-refractivity contribution in [2.24, 2.45) is 0 Å². The number of rotatable bonds is 9. The van der Waals surface area contributed by atoms with Crippen LogP contribution in [0.4, 0.5) is 0 Å². The molecule has 34 heavy (non-hydrogen) atoms. The summed E-state index contributed by atoms with van der Waals surface area (Å²) in [5.74, 6) is -2.78. The number of carbonyl (C=O) groups is 4. The Morgan fingerprint density at radius 3 is 1.09 bits per heavy atom. The van der Waals surface area contributed by atoms with Gasteiger partial charge in [-0.1, -0.05) is 52.5 Å². The number of carbonyl (C=O) groups excluding carboxylic acids is 1. The van der Waals surface area contributed by atoms with Crippen LogP contribution in [0.5, 0.6) is 0 Å². The van der Waals surface area contributed by atoms with Gasteiger partial charge in [0.05, 0.1) is 6.10 Å². The third-order valence-corrected chi connectivity index (χ3v) is 3.77. The molecule has 0 fully saturated rings. The van der Waals surface area contributed by atoms with Crippen LogP contribution in [-0.4, -0.2) is 45.3 Å². The molecule has 0 bridgehead atoms. The van der Waals surface area contributed by atoms with Crippen LogP contribution in [0.1, 0.15) is 88.0 Å². The first kappa shape index (κ1) is 38.1. The zero-order chi connectivity index (χ0) is 27.9. The maximum absolute atomic E-state index is 10.8. The van der Waals surface area contributed by atoms with Gasteiger partial charge in [0, 0.05) is 22.3 Å². The predicted molar refractivity (Wildman–Crippen MR) is 136 cm³/mol. The van der Waals surface area contributed by atoms with Crippen molar-refractivity contribution in [2.75, 3.05) is 0 Å². The largest absolute Gasteiger partial charge is 0.478 e. The van der Waals surface area contributed by atoms with Crippen LogP contribution in [-0.2, 0) is 23.9 Å². The lowest BCUT2D eigenvalue weighted by Gasteiger charge is -2.09. The summed E-state index contributed by atoms with van der Waals surface area (Å²) < 4.78 is 4.92. The van der Waals surface area contributed by atoms with E-state index in [0.29, 0.717) is 22.3 Å². The first-order valence-corrected chi connectivity index (χ1v) is 11.2. The summed E-state index contributed by atoms with van der Waals surface area (Å²) in [6.45, 7) is 19.4. The average molecular weight is 485 g/mol. The zero-order valence-corrected chi connectivity index (χ0v) is 22.2. The van der Waals surface area contributed by atoms with E-state index in [1.165, 1.54) is 0 Å². The number of hydrogen-bond donors (Lipinski definition) is 3. The van der Waals surface area contributed by atoms with Crippen molar-refractivity contribution in [3.05, 3.63) is 47.1 Å². The summed E-state index contributed by atoms with van der Waals surface area (Å²) in [7, 11) is 0. The van der Waals surface area contributed by atoms with Crippen molar-refractivity contribution in [2.45, 2.75) is 94.1 Å². The van der Waals surface area contributed by atoms with E-state index < -0.39 is 17.9 Å². The number of allylic oxidation sites excluding steroid dienone is 3. The van der Waals surface area contributed by atoms with Gasteiger partial charge in [0.15, 0.2) is 0 Å². The second-order valence-corrected chi connectivity index (χ2v) is 7.21. The summed E-state index contributed by atoms with van der Waals surface area (Å²) in [5, 5.41) is 24.7. The Morgan fingerprint density at radius 1 is 0.706 bits per heavy atom. The van der Waals surface area contributed by atoms with Gasteiger partial charge < -0.3 is 20.1 Å². The molecule has 0 aliphatic carbocycles. The summed E-state index contributed by atoms with van der Waals surface area (Å²) in [5.41, 5.74) is 1.73. The van der Waals surface area contributed by atoms with E-state index in [0.717, 1.165) is 25.7 Å². The van der Waals surface area contributed by atoms with E-state index in [1.807, 2.05) is 34.6 Å². The molecule has 0 aromatic heterocycles. The quantitative estimate of drug-likeness (QED) is 0.260. The lowest BCUT2D eigenvalue weighted by molar-refractivity contribution is -0.143. The highest BCUT2D eigenvalue weighted by Gasteiger charge is 2.06. The van der Waals surface area contributed by atoms with Gasteiger partial charge in [-0.3, -0.25) is 0 Å². The zero-order valence-electron chi connectivity index (χ0n) is 22.2. The number of carboxylic acid groups (broad SMARTS) is 3. The molecule has 196 valence electrons. The smallest absolute Gasteiger partial charge is 0.333 e. The number of aliphatic carboxylic acids is 3. The third-order valence-electron chi connectivity index (χ3n) is 3.77. The van der Waals surface area contributed by atoms with Crippen LogP contribution in [0.3, 0.4) is 0 Å². The van der Waals surface area contributed by atoms with E-state index >= 15 is 0 Å². The molecule has 1 atom stereocenters. The third kappa shape index (κ3) is 28.8. The molecule has 3 N–H and O–H groups in total. The fourth-order valence-corrected chi connectivity index (χ4v) is 1.55. The summed E-state index contributed by atoms with van der Waals surface area (Å²) in [6, 6.07) is 0. The molecular weight excluding hydrogens is 440 g/mol. The van der Waals surface area contributed by atoms with Crippen LogP contribution >= 0.6 is 0 Å². The topological polar surface area (TPSA) is 138 Å². The van der Waals surface area contributed by atoms with Gasteiger partial charge in [0.1, 0.15) is 0 Å². The van der Waals surface area contributed by atoms with E-state index in [1.54, 1.807) is 45.9 Å². The van der Waals surface area contributed by atoms with Gasteiger partial charge in [-0.25, -0.2) is 19.2 Å².